The Kier molecular flexibility index (Phi) is 7.06. The first-order chi connectivity index (χ1) is 13.5. The number of aliphatic hydroxyl groups excluding tert-OH is 1. The number of β-amino-alcohol motifs (C(OH)–C–C–N with tert-alkyl or cyclic N) is 1. The largest absolute Gasteiger partial charge is 0.490 e. The molecule has 0 saturated carbocycles. The minimum atomic E-state index is -0.533. The summed E-state index contributed by atoms with van der Waals surface area (Å²) in [6.45, 7) is 6.63. The van der Waals surface area contributed by atoms with E-state index in [1.807, 2.05) is 62.4 Å². The van der Waals surface area contributed by atoms with Crippen molar-refractivity contribution in [2.45, 2.75) is 38.8 Å². The molecule has 2 aromatic carbocycles. The zero-order chi connectivity index (χ0) is 19.9. The fourth-order valence-corrected chi connectivity index (χ4v) is 3.68. The molecule has 1 fully saturated rings. The van der Waals surface area contributed by atoms with Crippen LogP contribution in [0.1, 0.15) is 34.3 Å². The van der Waals surface area contributed by atoms with Crippen LogP contribution in [0.15, 0.2) is 48.5 Å². The van der Waals surface area contributed by atoms with Crippen molar-refractivity contribution in [2.24, 2.45) is 0 Å². The van der Waals surface area contributed by atoms with Crippen LogP contribution < -0.4 is 10.1 Å². The highest BCUT2D eigenvalue weighted by molar-refractivity contribution is 5.94. The summed E-state index contributed by atoms with van der Waals surface area (Å²) >= 11 is 0. The second-order valence-electron chi connectivity index (χ2n) is 7.60. The number of carbonyl (C=O) groups is 1. The van der Waals surface area contributed by atoms with Crippen molar-refractivity contribution < 1.29 is 14.6 Å². The number of aliphatic hydroxyl groups is 1. The first-order valence-electron chi connectivity index (χ1n) is 9.98. The van der Waals surface area contributed by atoms with E-state index in [0.29, 0.717) is 12.1 Å². The van der Waals surface area contributed by atoms with Crippen LogP contribution in [0, 0.1) is 13.8 Å². The summed E-state index contributed by atoms with van der Waals surface area (Å²) in [7, 11) is 0. The summed E-state index contributed by atoms with van der Waals surface area (Å²) in [5.74, 6) is 0.852. The summed E-state index contributed by atoms with van der Waals surface area (Å²) < 4.78 is 5.86. The van der Waals surface area contributed by atoms with Crippen LogP contribution in [0.2, 0.25) is 0 Å². The first kappa shape index (κ1) is 20.4. The third-order valence-electron chi connectivity index (χ3n) is 5.26. The van der Waals surface area contributed by atoms with E-state index in [1.54, 1.807) is 0 Å². The lowest BCUT2D eigenvalue weighted by Crippen LogP contribution is -2.47. The molecule has 2 aromatic rings. The number of amides is 1. The third kappa shape index (κ3) is 5.57. The number of benzene rings is 2. The maximum Gasteiger partial charge on any atom is 0.251 e. The van der Waals surface area contributed by atoms with Gasteiger partial charge in [-0.3, -0.25) is 4.79 Å². The van der Waals surface area contributed by atoms with Crippen molar-refractivity contribution in [1.82, 2.24) is 10.2 Å². The highest BCUT2D eigenvalue weighted by Gasteiger charge is 2.23. The molecule has 150 valence electrons. The van der Waals surface area contributed by atoms with Crippen molar-refractivity contribution in [2.75, 3.05) is 26.2 Å². The van der Waals surface area contributed by atoms with Crippen molar-refractivity contribution in [1.29, 1.82) is 0 Å². The molecule has 0 radical (unpaired) electrons. The van der Waals surface area contributed by atoms with E-state index in [4.69, 9.17) is 4.74 Å². The van der Waals surface area contributed by atoms with Gasteiger partial charge in [-0.1, -0.05) is 36.4 Å². The van der Waals surface area contributed by atoms with Crippen LogP contribution in [0.25, 0.3) is 0 Å². The molecule has 1 aliphatic heterocycles. The number of rotatable bonds is 7. The van der Waals surface area contributed by atoms with Gasteiger partial charge in [-0.2, -0.15) is 0 Å². The van der Waals surface area contributed by atoms with Gasteiger partial charge in [-0.15, -0.1) is 0 Å². The Bertz CT molecular complexity index is 750. The number of para-hydroxylation sites is 1. The number of carbonyl (C=O) groups excluding carboxylic acids is 1. The summed E-state index contributed by atoms with van der Waals surface area (Å²) in [5, 5.41) is 13.5. The maximum absolute atomic E-state index is 12.3. The van der Waals surface area contributed by atoms with Crippen LogP contribution in [0.4, 0.5) is 0 Å². The van der Waals surface area contributed by atoms with E-state index in [-0.39, 0.29) is 18.6 Å². The predicted molar refractivity (Wildman–Crippen MR) is 111 cm³/mol. The number of piperidine rings is 1. The van der Waals surface area contributed by atoms with Gasteiger partial charge in [0.2, 0.25) is 0 Å². The Morgan fingerprint density at radius 2 is 1.75 bits per heavy atom. The van der Waals surface area contributed by atoms with Crippen LogP contribution in [-0.4, -0.2) is 54.3 Å². The number of nitrogens with one attached hydrogen (secondary N) is 1. The molecule has 0 aromatic heterocycles. The minimum absolute atomic E-state index is 0.0129. The lowest BCUT2D eigenvalue weighted by atomic mass is 10.0. The van der Waals surface area contributed by atoms with Crippen molar-refractivity contribution in [3.8, 4) is 5.75 Å². The predicted octanol–water partition coefficient (Wildman–Crippen LogP) is 2.94. The van der Waals surface area contributed by atoms with Crippen LogP contribution in [0.5, 0.6) is 5.75 Å². The lowest BCUT2D eigenvalue weighted by Gasteiger charge is -2.33. The molecule has 0 spiro atoms. The molecule has 0 bridgehead atoms. The number of ether oxygens (including phenoxy) is 1. The molecule has 28 heavy (non-hydrogen) atoms. The van der Waals surface area contributed by atoms with E-state index in [9.17, 15) is 9.90 Å². The fraction of sp³-hybridized carbons (Fsp3) is 0.435. The SMILES string of the molecule is Cc1cccc(C)c1OCC(O)CN1CCC(NC(=O)c2ccccc2)CC1. The number of aryl methyl sites for hydroxylation is 2. The van der Waals surface area contributed by atoms with Crippen molar-refractivity contribution in [3.63, 3.8) is 0 Å². The molecule has 1 saturated heterocycles. The number of hydrogen-bond acceptors (Lipinski definition) is 4. The van der Waals surface area contributed by atoms with E-state index in [2.05, 4.69) is 10.2 Å². The number of likely N-dealkylation sites (tertiary alicyclic amines) is 1. The summed E-state index contributed by atoms with van der Waals surface area (Å²) in [6.07, 6.45) is 1.25. The lowest BCUT2D eigenvalue weighted by molar-refractivity contribution is 0.0564. The standard InChI is InChI=1S/C23H30N2O3/c1-17-7-6-8-18(2)22(17)28-16-21(26)15-25-13-11-20(12-14-25)24-23(27)19-9-4-3-5-10-19/h3-10,20-21,26H,11-16H2,1-2H3,(H,24,27). The van der Waals surface area contributed by atoms with Crippen LogP contribution in [0.3, 0.4) is 0 Å². The Morgan fingerprint density at radius 3 is 2.39 bits per heavy atom. The fourth-order valence-electron chi connectivity index (χ4n) is 3.68. The quantitative estimate of drug-likeness (QED) is 0.773. The number of nitrogens with zero attached hydrogens (tertiary/aromatic N) is 1. The smallest absolute Gasteiger partial charge is 0.251 e. The topological polar surface area (TPSA) is 61.8 Å². The van der Waals surface area contributed by atoms with Crippen molar-refractivity contribution >= 4 is 5.91 Å². The monoisotopic (exact) mass is 382 g/mol. The molecular formula is C23H30N2O3. The third-order valence-corrected chi connectivity index (χ3v) is 5.26. The van der Waals surface area contributed by atoms with Crippen LogP contribution >= 0.6 is 0 Å². The minimum Gasteiger partial charge on any atom is -0.490 e. The Labute approximate surface area is 167 Å². The van der Waals surface area contributed by atoms with Gasteiger partial charge in [0, 0.05) is 31.2 Å². The second-order valence-corrected chi connectivity index (χ2v) is 7.60. The highest BCUT2D eigenvalue weighted by Crippen LogP contribution is 2.22. The highest BCUT2D eigenvalue weighted by atomic mass is 16.5. The maximum atomic E-state index is 12.3. The van der Waals surface area contributed by atoms with Gasteiger partial charge in [-0.05, 0) is 49.9 Å². The summed E-state index contributed by atoms with van der Waals surface area (Å²) in [4.78, 5) is 14.5. The van der Waals surface area contributed by atoms with E-state index >= 15 is 0 Å². The summed E-state index contributed by atoms with van der Waals surface area (Å²) in [5.41, 5.74) is 2.87. The van der Waals surface area contributed by atoms with Gasteiger partial charge < -0.3 is 20.1 Å². The molecule has 1 heterocycles. The molecule has 0 aliphatic carbocycles. The van der Waals surface area contributed by atoms with E-state index in [0.717, 1.165) is 42.8 Å². The molecule has 1 atom stereocenters. The molecule has 5 nitrogen and oxygen atoms in total. The van der Waals surface area contributed by atoms with Crippen LogP contribution in [-0.2, 0) is 0 Å². The van der Waals surface area contributed by atoms with Gasteiger partial charge in [0.25, 0.3) is 5.91 Å². The molecule has 2 N–H and O–H groups in total. The van der Waals surface area contributed by atoms with E-state index < -0.39 is 6.10 Å². The molecule has 1 amide bonds. The second kappa shape index (κ2) is 9.71. The Balaban J connectivity index is 1.39. The zero-order valence-corrected chi connectivity index (χ0v) is 16.7. The Hall–Kier alpha value is -2.37. The normalized spacial score (nSPS) is 16.5. The molecule has 1 unspecified atom stereocenters. The molecule has 3 rings (SSSR count). The zero-order valence-electron chi connectivity index (χ0n) is 16.7. The average molecular weight is 383 g/mol. The molecular weight excluding hydrogens is 352 g/mol. The van der Waals surface area contributed by atoms with Gasteiger partial charge in [0.15, 0.2) is 0 Å². The first-order valence-corrected chi connectivity index (χ1v) is 9.98. The van der Waals surface area contributed by atoms with Gasteiger partial charge in [-0.25, -0.2) is 0 Å². The number of hydrogen-bond donors (Lipinski definition) is 2. The average Bonchev–Trinajstić information content (AvgIpc) is 2.70. The van der Waals surface area contributed by atoms with Gasteiger partial charge in [0.1, 0.15) is 18.5 Å². The molecule has 5 heteroatoms. The molecule has 1 aliphatic rings. The van der Waals surface area contributed by atoms with E-state index in [1.165, 1.54) is 0 Å². The van der Waals surface area contributed by atoms with Gasteiger partial charge in [0.05, 0.1) is 0 Å². The summed E-state index contributed by atoms with van der Waals surface area (Å²) in [6, 6.07) is 15.5. The Morgan fingerprint density at radius 1 is 1.11 bits per heavy atom. The van der Waals surface area contributed by atoms with Crippen molar-refractivity contribution in [3.05, 3.63) is 65.2 Å². The van der Waals surface area contributed by atoms with Gasteiger partial charge >= 0.3 is 0 Å².